The van der Waals surface area contributed by atoms with Gasteiger partial charge in [-0.15, -0.1) is 0 Å². The van der Waals surface area contributed by atoms with Gasteiger partial charge in [-0.3, -0.25) is 0 Å². The Kier molecular flexibility index (Phi) is 6.98. The van der Waals surface area contributed by atoms with E-state index in [2.05, 4.69) is 5.10 Å². The highest BCUT2D eigenvalue weighted by molar-refractivity contribution is 5.56. The molecule has 0 bridgehead atoms. The molecule has 0 saturated carbocycles. The molecule has 0 aliphatic carbocycles. The smallest absolute Gasteiger partial charge is 0.118 e. The number of aliphatic hydroxyl groups excluding tert-OH is 1. The van der Waals surface area contributed by atoms with Gasteiger partial charge in [0, 0.05) is 11.3 Å². The number of hydrogen-bond donors (Lipinski definition) is 1. The monoisotopic (exact) mass is 342 g/mol. The van der Waals surface area contributed by atoms with Gasteiger partial charge in [-0.1, -0.05) is 32.0 Å². The lowest BCUT2D eigenvalue weighted by molar-refractivity contribution is 0.104. The van der Waals surface area contributed by atoms with Crippen molar-refractivity contribution in [2.75, 3.05) is 7.11 Å². The van der Waals surface area contributed by atoms with Gasteiger partial charge in [-0.2, -0.15) is 5.10 Å². The van der Waals surface area contributed by atoms with Crippen LogP contribution in [0.15, 0.2) is 42.5 Å². The fourth-order valence-electron chi connectivity index (χ4n) is 2.50. The molecule has 0 atom stereocenters. The minimum atomic E-state index is 0.00161. The highest BCUT2D eigenvalue weighted by Gasteiger charge is 2.08. The van der Waals surface area contributed by atoms with Crippen molar-refractivity contribution in [1.82, 2.24) is 9.61 Å². The number of benzene rings is 1. The molecule has 2 heterocycles. The largest absolute Gasteiger partial charge is 0.497 e. The Bertz CT molecular complexity index is 795. The molecule has 5 nitrogen and oxygen atoms in total. The van der Waals surface area contributed by atoms with Crippen molar-refractivity contribution in [1.29, 1.82) is 0 Å². The van der Waals surface area contributed by atoms with E-state index in [0.717, 1.165) is 33.8 Å². The zero-order valence-corrected chi connectivity index (χ0v) is 15.3. The number of aliphatic hydroxyl groups is 1. The van der Waals surface area contributed by atoms with Crippen molar-refractivity contribution in [3.8, 4) is 5.75 Å². The van der Waals surface area contributed by atoms with Crippen LogP contribution in [0, 0.1) is 6.92 Å². The molecule has 3 aromatic rings. The maximum absolute atomic E-state index is 9.42. The Morgan fingerprint density at radius 2 is 1.76 bits per heavy atom. The third kappa shape index (κ3) is 4.59. The number of aryl methyl sites for hydroxylation is 1. The van der Waals surface area contributed by atoms with E-state index in [4.69, 9.17) is 9.47 Å². The van der Waals surface area contributed by atoms with Gasteiger partial charge in [0.15, 0.2) is 0 Å². The lowest BCUT2D eigenvalue weighted by Crippen LogP contribution is -1.98. The molecule has 2 aromatic heterocycles. The first kappa shape index (κ1) is 19.0. The molecular formula is C20H26N2O3. The maximum Gasteiger partial charge on any atom is 0.118 e. The Balaban J connectivity index is 0.00000109. The molecule has 134 valence electrons. The van der Waals surface area contributed by atoms with Crippen LogP contribution in [0.5, 0.6) is 5.75 Å². The second kappa shape index (κ2) is 9.20. The van der Waals surface area contributed by atoms with E-state index >= 15 is 0 Å². The number of rotatable bonds is 6. The van der Waals surface area contributed by atoms with E-state index in [1.807, 2.05) is 67.8 Å². The first-order chi connectivity index (χ1) is 12.2. The van der Waals surface area contributed by atoms with Crippen LogP contribution in [0.4, 0.5) is 0 Å². The number of aromatic nitrogens is 2. The summed E-state index contributed by atoms with van der Waals surface area (Å²) >= 11 is 0. The molecule has 25 heavy (non-hydrogen) atoms. The topological polar surface area (TPSA) is 56.0 Å². The molecule has 0 fully saturated rings. The lowest BCUT2D eigenvalue weighted by Gasteiger charge is -2.04. The Labute approximate surface area is 148 Å². The second-order valence-electron chi connectivity index (χ2n) is 5.43. The number of methoxy groups -OCH3 is 1. The fourth-order valence-corrected chi connectivity index (χ4v) is 2.50. The van der Waals surface area contributed by atoms with Crippen molar-refractivity contribution in [2.45, 2.75) is 40.6 Å². The van der Waals surface area contributed by atoms with Crippen LogP contribution in [0.2, 0.25) is 0 Å². The van der Waals surface area contributed by atoms with Crippen LogP contribution in [0.3, 0.4) is 0 Å². The Morgan fingerprint density at radius 1 is 1.04 bits per heavy atom. The molecule has 0 amide bonds. The van der Waals surface area contributed by atoms with Gasteiger partial charge in [-0.25, -0.2) is 4.52 Å². The summed E-state index contributed by atoms with van der Waals surface area (Å²) < 4.78 is 12.7. The number of ether oxygens (including phenoxy) is 2. The van der Waals surface area contributed by atoms with Gasteiger partial charge >= 0.3 is 0 Å². The highest BCUT2D eigenvalue weighted by Crippen LogP contribution is 2.17. The summed E-state index contributed by atoms with van der Waals surface area (Å²) in [5.41, 5.74) is 4.75. The second-order valence-corrected chi connectivity index (χ2v) is 5.43. The van der Waals surface area contributed by atoms with E-state index in [0.29, 0.717) is 13.2 Å². The van der Waals surface area contributed by atoms with Crippen LogP contribution in [0.25, 0.3) is 5.52 Å². The number of pyridine rings is 1. The molecule has 0 aliphatic heterocycles. The van der Waals surface area contributed by atoms with Gasteiger partial charge in [0.25, 0.3) is 0 Å². The predicted octanol–water partition coefficient (Wildman–Crippen LogP) is 3.89. The third-order valence-electron chi connectivity index (χ3n) is 3.80. The third-order valence-corrected chi connectivity index (χ3v) is 3.80. The average molecular weight is 342 g/mol. The van der Waals surface area contributed by atoms with Crippen molar-refractivity contribution >= 4 is 5.52 Å². The molecule has 1 N–H and O–H groups in total. The van der Waals surface area contributed by atoms with Crippen LogP contribution in [0.1, 0.15) is 36.4 Å². The highest BCUT2D eigenvalue weighted by atomic mass is 16.5. The number of nitrogens with zero attached hydrogens (tertiary/aromatic N) is 2. The normalized spacial score (nSPS) is 10.4. The first-order valence-electron chi connectivity index (χ1n) is 8.50. The average Bonchev–Trinajstić information content (AvgIpc) is 3.09. The summed E-state index contributed by atoms with van der Waals surface area (Å²) in [7, 11) is 1.65. The first-order valence-corrected chi connectivity index (χ1v) is 8.50. The molecule has 3 rings (SSSR count). The number of hydrogen-bond acceptors (Lipinski definition) is 4. The Hall–Kier alpha value is -2.37. The molecule has 0 saturated heterocycles. The molecule has 0 unspecified atom stereocenters. The Morgan fingerprint density at radius 3 is 2.40 bits per heavy atom. The van der Waals surface area contributed by atoms with Crippen LogP contribution in [-0.4, -0.2) is 21.8 Å². The SMILES string of the molecule is CC.COc1ccc(COCc2cc3c(CO)ccc(C)n3n2)cc1. The van der Waals surface area contributed by atoms with Gasteiger partial charge in [0.2, 0.25) is 0 Å². The molecule has 0 aliphatic rings. The lowest BCUT2D eigenvalue weighted by atomic mass is 10.2. The van der Waals surface area contributed by atoms with Crippen molar-refractivity contribution in [2.24, 2.45) is 0 Å². The fraction of sp³-hybridized carbons (Fsp3) is 0.350. The van der Waals surface area contributed by atoms with Crippen LogP contribution >= 0.6 is 0 Å². The van der Waals surface area contributed by atoms with E-state index in [-0.39, 0.29) is 6.61 Å². The molecule has 5 heteroatoms. The summed E-state index contributed by atoms with van der Waals surface area (Å²) in [4.78, 5) is 0. The van der Waals surface area contributed by atoms with Gasteiger partial charge in [0.1, 0.15) is 5.75 Å². The van der Waals surface area contributed by atoms with E-state index < -0.39 is 0 Å². The van der Waals surface area contributed by atoms with Gasteiger partial charge in [-0.05, 0) is 36.8 Å². The van der Waals surface area contributed by atoms with E-state index in [9.17, 15) is 5.11 Å². The molecule has 0 radical (unpaired) electrons. The number of fused-ring (bicyclic) bond motifs is 1. The molecule has 1 aromatic carbocycles. The minimum Gasteiger partial charge on any atom is -0.497 e. The van der Waals surface area contributed by atoms with Crippen LogP contribution in [-0.2, 0) is 24.6 Å². The van der Waals surface area contributed by atoms with Crippen LogP contribution < -0.4 is 4.74 Å². The standard InChI is InChI=1S/C18H20N2O3.C2H6/c1-13-3-6-15(10-21)18-9-16(19-20(13)18)12-23-11-14-4-7-17(22-2)8-5-14;1-2/h3-9,21H,10-12H2,1-2H3;1-2H3. The molecular weight excluding hydrogens is 316 g/mol. The zero-order chi connectivity index (χ0) is 18.2. The summed E-state index contributed by atoms with van der Waals surface area (Å²) in [6.07, 6.45) is 0. The quantitative estimate of drug-likeness (QED) is 0.738. The van der Waals surface area contributed by atoms with Crippen molar-refractivity contribution in [3.63, 3.8) is 0 Å². The summed E-state index contributed by atoms with van der Waals surface area (Å²) in [6, 6.07) is 13.6. The minimum absolute atomic E-state index is 0.00161. The van der Waals surface area contributed by atoms with Gasteiger partial charge in [0.05, 0.1) is 38.1 Å². The summed E-state index contributed by atoms with van der Waals surface area (Å²) in [5, 5.41) is 14.0. The van der Waals surface area contributed by atoms with E-state index in [1.54, 1.807) is 7.11 Å². The van der Waals surface area contributed by atoms with Crippen molar-refractivity contribution < 1.29 is 14.6 Å². The van der Waals surface area contributed by atoms with E-state index in [1.165, 1.54) is 0 Å². The maximum atomic E-state index is 9.42. The predicted molar refractivity (Wildman–Crippen MR) is 98.7 cm³/mol. The summed E-state index contributed by atoms with van der Waals surface area (Å²) in [5.74, 6) is 0.834. The van der Waals surface area contributed by atoms with Crippen molar-refractivity contribution in [3.05, 3.63) is 65.0 Å². The molecule has 0 spiro atoms. The van der Waals surface area contributed by atoms with Gasteiger partial charge < -0.3 is 14.6 Å². The zero-order valence-electron chi connectivity index (χ0n) is 15.3. The summed E-state index contributed by atoms with van der Waals surface area (Å²) in [6.45, 7) is 6.94.